The smallest absolute Gasteiger partial charge is 0.425 e. The lowest BCUT2D eigenvalue weighted by molar-refractivity contribution is 0.0429. The molecule has 9 nitrogen and oxygen atoms in total. The van der Waals surface area contributed by atoms with Crippen molar-refractivity contribution in [2.45, 2.75) is 59.2 Å². The van der Waals surface area contributed by atoms with E-state index in [9.17, 15) is 18.0 Å². The van der Waals surface area contributed by atoms with Crippen molar-refractivity contribution in [3.8, 4) is 0 Å². The van der Waals surface area contributed by atoms with Gasteiger partial charge < -0.3 is 9.47 Å². The maximum Gasteiger partial charge on any atom is 0.425 e. The molecule has 152 valence electrons. The van der Waals surface area contributed by atoms with Crippen LogP contribution in [0, 0.1) is 0 Å². The number of amides is 2. The topological polar surface area (TPSA) is 116 Å². The van der Waals surface area contributed by atoms with Gasteiger partial charge >= 0.3 is 12.2 Å². The maximum atomic E-state index is 12.5. The number of carbonyl (C=O) groups is 2. The van der Waals surface area contributed by atoms with E-state index in [4.69, 9.17) is 9.47 Å². The molecule has 2 amide bonds. The van der Waals surface area contributed by atoms with Crippen LogP contribution in [0.2, 0.25) is 0 Å². The highest BCUT2D eigenvalue weighted by molar-refractivity contribution is 7.90. The second-order valence-corrected chi connectivity index (χ2v) is 10.3. The monoisotopic (exact) mass is 401 g/mol. The van der Waals surface area contributed by atoms with Crippen molar-refractivity contribution in [2.75, 3.05) is 16.9 Å². The molecule has 27 heavy (non-hydrogen) atoms. The van der Waals surface area contributed by atoms with E-state index in [0.717, 1.165) is 6.26 Å². The summed E-state index contributed by atoms with van der Waals surface area (Å²) in [5, 5.41) is 0. The van der Waals surface area contributed by atoms with Crippen molar-refractivity contribution in [1.29, 1.82) is 0 Å². The molecule has 0 aliphatic rings. The summed E-state index contributed by atoms with van der Waals surface area (Å²) in [5.74, 6) is -0.162. The SMILES string of the molecule is CC(C)(C)OC(=O)N(C(=O)OC(C)(C)C)c1cnc(CCS(C)(=O)=O)cn1. The highest BCUT2D eigenvalue weighted by Gasteiger charge is 2.33. The van der Waals surface area contributed by atoms with Gasteiger partial charge in [0.15, 0.2) is 5.82 Å². The first kappa shape index (κ1) is 22.8. The van der Waals surface area contributed by atoms with Crippen molar-refractivity contribution in [3.05, 3.63) is 18.1 Å². The summed E-state index contributed by atoms with van der Waals surface area (Å²) in [6.45, 7) is 9.99. The van der Waals surface area contributed by atoms with Crippen LogP contribution in [-0.2, 0) is 25.7 Å². The first-order valence-corrected chi connectivity index (χ1v) is 10.4. The minimum Gasteiger partial charge on any atom is -0.443 e. The van der Waals surface area contributed by atoms with Crippen LogP contribution in [0.3, 0.4) is 0 Å². The number of carbonyl (C=O) groups excluding carboxylic acids is 2. The number of nitrogens with zero attached hydrogens (tertiary/aromatic N) is 3. The zero-order chi connectivity index (χ0) is 21.0. The molecule has 0 atom stereocenters. The van der Waals surface area contributed by atoms with Crippen LogP contribution in [-0.4, -0.2) is 53.8 Å². The number of hydrogen-bond acceptors (Lipinski definition) is 8. The Hall–Kier alpha value is -2.23. The van der Waals surface area contributed by atoms with Gasteiger partial charge in [0.2, 0.25) is 0 Å². The summed E-state index contributed by atoms with van der Waals surface area (Å²) < 4.78 is 33.0. The molecule has 0 aromatic carbocycles. The highest BCUT2D eigenvalue weighted by atomic mass is 32.2. The third-order valence-corrected chi connectivity index (χ3v) is 3.75. The van der Waals surface area contributed by atoms with Crippen molar-refractivity contribution >= 4 is 27.8 Å². The molecule has 0 radical (unpaired) electrons. The first-order chi connectivity index (χ1) is 12.1. The molecule has 10 heteroatoms. The minimum absolute atomic E-state index is 0.0805. The first-order valence-electron chi connectivity index (χ1n) is 8.32. The summed E-state index contributed by atoms with van der Waals surface area (Å²) >= 11 is 0. The number of rotatable bonds is 4. The summed E-state index contributed by atoms with van der Waals surface area (Å²) in [6.07, 6.45) is 1.91. The molecule has 0 saturated heterocycles. The fraction of sp³-hybridized carbons (Fsp3) is 0.647. The molecule has 0 saturated carbocycles. The second-order valence-electron chi connectivity index (χ2n) is 8.04. The quantitative estimate of drug-likeness (QED) is 0.756. The van der Waals surface area contributed by atoms with E-state index in [1.165, 1.54) is 12.4 Å². The predicted octanol–water partition coefficient (Wildman–Crippen LogP) is 2.74. The van der Waals surface area contributed by atoms with Crippen LogP contribution in [0.1, 0.15) is 47.2 Å². The molecule has 1 aromatic heterocycles. The molecule has 0 spiro atoms. The number of sulfone groups is 1. The van der Waals surface area contributed by atoms with Gasteiger partial charge in [0, 0.05) is 12.7 Å². The lowest BCUT2D eigenvalue weighted by Crippen LogP contribution is -2.44. The van der Waals surface area contributed by atoms with E-state index in [-0.39, 0.29) is 18.0 Å². The van der Waals surface area contributed by atoms with Gasteiger partial charge in [-0.1, -0.05) is 0 Å². The Labute approximate surface area is 160 Å². The number of anilines is 1. The molecule has 0 fully saturated rings. The Balaban J connectivity index is 3.11. The second kappa shape index (κ2) is 8.20. The molecule has 0 unspecified atom stereocenters. The molecule has 0 aliphatic carbocycles. The number of aromatic nitrogens is 2. The third-order valence-electron chi connectivity index (χ3n) is 2.80. The van der Waals surface area contributed by atoms with Gasteiger partial charge in [-0.2, -0.15) is 4.90 Å². The normalized spacial score (nSPS) is 12.4. The molecule has 1 aromatic rings. The Morgan fingerprint density at radius 2 is 1.44 bits per heavy atom. The number of imide groups is 1. The van der Waals surface area contributed by atoms with Crippen LogP contribution in [0.5, 0.6) is 0 Å². The Morgan fingerprint density at radius 3 is 1.78 bits per heavy atom. The fourth-order valence-electron chi connectivity index (χ4n) is 1.76. The summed E-state index contributed by atoms with van der Waals surface area (Å²) in [5.41, 5.74) is -1.25. The zero-order valence-corrected chi connectivity index (χ0v) is 17.6. The van der Waals surface area contributed by atoms with Crippen molar-refractivity contribution < 1.29 is 27.5 Å². The van der Waals surface area contributed by atoms with Crippen LogP contribution in [0.4, 0.5) is 15.4 Å². The van der Waals surface area contributed by atoms with E-state index >= 15 is 0 Å². The standard InChI is InChI=1S/C17H27N3O6S/c1-16(2,3)25-14(21)20(15(22)26-17(4,5)6)13-11-18-12(10-19-13)8-9-27(7,23)24/h10-11H,8-9H2,1-7H3. The van der Waals surface area contributed by atoms with Gasteiger partial charge in [-0.15, -0.1) is 0 Å². The van der Waals surface area contributed by atoms with Crippen LogP contribution >= 0.6 is 0 Å². The summed E-state index contributed by atoms with van der Waals surface area (Å²) in [6, 6.07) is 0. The van der Waals surface area contributed by atoms with Gasteiger partial charge in [-0.25, -0.2) is 23.0 Å². The molecule has 1 heterocycles. The molecular weight excluding hydrogens is 374 g/mol. The average molecular weight is 401 g/mol. The van der Waals surface area contributed by atoms with Crippen LogP contribution in [0.25, 0.3) is 0 Å². The van der Waals surface area contributed by atoms with Crippen molar-refractivity contribution in [1.82, 2.24) is 9.97 Å². The summed E-state index contributed by atoms with van der Waals surface area (Å²) in [7, 11) is -3.14. The summed E-state index contributed by atoms with van der Waals surface area (Å²) in [4.78, 5) is 33.8. The van der Waals surface area contributed by atoms with E-state index < -0.39 is 33.2 Å². The Morgan fingerprint density at radius 1 is 0.963 bits per heavy atom. The zero-order valence-electron chi connectivity index (χ0n) is 16.8. The molecule has 0 bridgehead atoms. The number of hydrogen-bond donors (Lipinski definition) is 0. The molecular formula is C17H27N3O6S. The molecule has 0 N–H and O–H groups in total. The Kier molecular flexibility index (Phi) is 6.93. The highest BCUT2D eigenvalue weighted by Crippen LogP contribution is 2.19. The number of ether oxygens (including phenoxy) is 2. The molecule has 1 rings (SSSR count). The van der Waals surface area contributed by atoms with E-state index in [1.807, 2.05) is 0 Å². The van der Waals surface area contributed by atoms with E-state index in [0.29, 0.717) is 10.6 Å². The van der Waals surface area contributed by atoms with Crippen LogP contribution < -0.4 is 4.90 Å². The van der Waals surface area contributed by atoms with E-state index in [1.54, 1.807) is 41.5 Å². The number of aryl methyl sites for hydroxylation is 1. The average Bonchev–Trinajstić information content (AvgIpc) is 2.41. The fourth-order valence-corrected chi connectivity index (χ4v) is 2.34. The predicted molar refractivity (Wildman–Crippen MR) is 100 cm³/mol. The van der Waals surface area contributed by atoms with Gasteiger partial charge in [-0.3, -0.25) is 4.98 Å². The largest absolute Gasteiger partial charge is 0.443 e. The van der Waals surface area contributed by atoms with Gasteiger partial charge in [-0.05, 0) is 41.5 Å². The van der Waals surface area contributed by atoms with E-state index in [2.05, 4.69) is 9.97 Å². The van der Waals surface area contributed by atoms with Crippen LogP contribution in [0.15, 0.2) is 12.4 Å². The Bertz CT molecular complexity index is 748. The van der Waals surface area contributed by atoms with Crippen molar-refractivity contribution in [2.24, 2.45) is 0 Å². The lowest BCUT2D eigenvalue weighted by atomic mass is 10.2. The lowest BCUT2D eigenvalue weighted by Gasteiger charge is -2.27. The van der Waals surface area contributed by atoms with Crippen molar-refractivity contribution in [3.63, 3.8) is 0 Å². The maximum absolute atomic E-state index is 12.5. The third kappa shape index (κ3) is 8.80. The van der Waals surface area contributed by atoms with Gasteiger partial charge in [0.05, 0.1) is 23.8 Å². The van der Waals surface area contributed by atoms with Gasteiger partial charge in [0.1, 0.15) is 21.0 Å². The van der Waals surface area contributed by atoms with Gasteiger partial charge in [0.25, 0.3) is 0 Å². The minimum atomic E-state index is -3.14. The molecule has 0 aliphatic heterocycles.